The Morgan fingerprint density at radius 2 is 1.43 bits per heavy atom. The molecule has 30 heavy (non-hydrogen) atoms. The number of unbranched alkanes of at least 4 members (excludes halogenated alkanes) is 7. The normalized spacial score (nSPS) is 20.9. The smallest absolute Gasteiger partial charge is 0.350 e. The molecule has 1 fully saturated rings. The topological polar surface area (TPSA) is 78.9 Å². The van der Waals surface area contributed by atoms with Gasteiger partial charge in [-0.15, -0.1) is 0 Å². The van der Waals surface area contributed by atoms with Crippen LogP contribution in [0.5, 0.6) is 0 Å². The van der Waals surface area contributed by atoms with E-state index in [4.69, 9.17) is 14.2 Å². The van der Waals surface area contributed by atoms with Crippen LogP contribution in [0.4, 0.5) is 0 Å². The number of hydrogen-bond acceptors (Lipinski definition) is 6. The fourth-order valence-corrected chi connectivity index (χ4v) is 3.69. The van der Waals surface area contributed by atoms with Crippen LogP contribution >= 0.6 is 0 Å². The lowest BCUT2D eigenvalue weighted by molar-refractivity contribution is -0.186. The number of hydrogen-bond donors (Lipinski definition) is 0. The van der Waals surface area contributed by atoms with Gasteiger partial charge < -0.3 is 14.2 Å². The molecule has 0 spiro atoms. The molecule has 0 N–H and O–H groups in total. The minimum absolute atomic E-state index is 0.219. The van der Waals surface area contributed by atoms with Gasteiger partial charge in [0.2, 0.25) is 5.60 Å². The van der Waals surface area contributed by atoms with Crippen LogP contribution in [0.1, 0.15) is 97.3 Å². The summed E-state index contributed by atoms with van der Waals surface area (Å²) in [6, 6.07) is 0. The number of rotatable bonds is 15. The van der Waals surface area contributed by atoms with Crippen molar-refractivity contribution in [2.75, 3.05) is 13.2 Å². The van der Waals surface area contributed by atoms with E-state index in [1.807, 2.05) is 6.92 Å². The largest absolute Gasteiger partial charge is 0.465 e. The Hall–Kier alpha value is -1.85. The van der Waals surface area contributed by atoms with Crippen LogP contribution in [-0.4, -0.2) is 36.7 Å². The van der Waals surface area contributed by atoms with E-state index in [1.165, 1.54) is 32.1 Å². The second-order valence-corrected chi connectivity index (χ2v) is 8.17. The van der Waals surface area contributed by atoms with Gasteiger partial charge in [-0.3, -0.25) is 4.79 Å². The molecule has 1 rings (SSSR count). The first-order chi connectivity index (χ1) is 14.5. The third-order valence-electron chi connectivity index (χ3n) is 5.68. The third-order valence-corrected chi connectivity index (χ3v) is 5.68. The van der Waals surface area contributed by atoms with E-state index in [9.17, 15) is 14.4 Å². The van der Waals surface area contributed by atoms with Crippen molar-refractivity contribution in [3.8, 4) is 0 Å². The average Bonchev–Trinajstić information content (AvgIpc) is 2.75. The van der Waals surface area contributed by atoms with Crippen LogP contribution in [0.15, 0.2) is 12.7 Å². The molecule has 172 valence electrons. The third kappa shape index (κ3) is 9.31. The Morgan fingerprint density at radius 3 is 2.03 bits per heavy atom. The highest BCUT2D eigenvalue weighted by Gasteiger charge is 2.48. The number of carbonyl (C=O) groups excluding carboxylic acids is 3. The maximum Gasteiger partial charge on any atom is 0.350 e. The van der Waals surface area contributed by atoms with Gasteiger partial charge in [0.15, 0.2) is 0 Å². The number of carbonyl (C=O) groups is 3. The first-order valence-corrected chi connectivity index (χ1v) is 11.7. The summed E-state index contributed by atoms with van der Waals surface area (Å²) >= 11 is 0. The van der Waals surface area contributed by atoms with Gasteiger partial charge in [0, 0.05) is 6.08 Å². The summed E-state index contributed by atoms with van der Waals surface area (Å²) in [7, 11) is 0. The number of ether oxygens (including phenoxy) is 3. The molecule has 0 amide bonds. The highest BCUT2D eigenvalue weighted by Crippen LogP contribution is 2.37. The van der Waals surface area contributed by atoms with Crippen LogP contribution in [0.3, 0.4) is 0 Å². The van der Waals surface area contributed by atoms with E-state index in [0.29, 0.717) is 26.1 Å². The monoisotopic (exact) mass is 424 g/mol. The van der Waals surface area contributed by atoms with Gasteiger partial charge in [0.05, 0.1) is 19.1 Å². The molecule has 0 unspecified atom stereocenters. The quantitative estimate of drug-likeness (QED) is 0.154. The van der Waals surface area contributed by atoms with Crippen LogP contribution in [0, 0.1) is 5.92 Å². The Kier molecular flexibility index (Phi) is 13.1. The van der Waals surface area contributed by atoms with E-state index in [2.05, 4.69) is 13.5 Å². The summed E-state index contributed by atoms with van der Waals surface area (Å²) in [5.74, 6) is -1.67. The fourth-order valence-electron chi connectivity index (χ4n) is 3.69. The fraction of sp³-hybridized carbons (Fsp3) is 0.792. The highest BCUT2D eigenvalue weighted by atomic mass is 16.6. The molecule has 0 aromatic rings. The molecule has 1 aliphatic carbocycles. The van der Waals surface area contributed by atoms with Crippen molar-refractivity contribution in [1.29, 1.82) is 0 Å². The SMILES string of the molecule is C=CC(=O)OC1(C(=O)OCCCC)CCC(C(=O)OCCCCCCCCC)CC1. The molecule has 1 saturated carbocycles. The maximum atomic E-state index is 12.6. The second-order valence-electron chi connectivity index (χ2n) is 8.17. The second kappa shape index (κ2) is 15.0. The summed E-state index contributed by atoms with van der Waals surface area (Å²) in [4.78, 5) is 36.8. The van der Waals surface area contributed by atoms with Crippen molar-refractivity contribution in [3.05, 3.63) is 12.7 Å². The van der Waals surface area contributed by atoms with Crippen LogP contribution < -0.4 is 0 Å². The van der Waals surface area contributed by atoms with E-state index >= 15 is 0 Å². The molecular weight excluding hydrogens is 384 g/mol. The van der Waals surface area contributed by atoms with Crippen molar-refractivity contribution >= 4 is 17.9 Å². The van der Waals surface area contributed by atoms with E-state index in [-0.39, 0.29) is 24.7 Å². The predicted octanol–water partition coefficient (Wildman–Crippen LogP) is 5.28. The van der Waals surface area contributed by atoms with Crippen molar-refractivity contribution in [2.45, 2.75) is 103 Å². The summed E-state index contributed by atoms with van der Waals surface area (Å²) in [5, 5.41) is 0. The van der Waals surface area contributed by atoms with Crippen LogP contribution in [0.2, 0.25) is 0 Å². The molecule has 0 bridgehead atoms. The lowest BCUT2D eigenvalue weighted by Gasteiger charge is -2.36. The summed E-state index contributed by atoms with van der Waals surface area (Å²) < 4.78 is 16.2. The standard InChI is InChI=1S/C24H40O6/c1-4-7-9-10-11-12-13-19-28-22(26)20-14-16-24(17-15-20,30-21(25)6-3)23(27)29-18-8-5-2/h6,20H,3-5,7-19H2,1-2H3. The predicted molar refractivity (Wildman–Crippen MR) is 116 cm³/mol. The Balaban J connectivity index is 2.43. The van der Waals surface area contributed by atoms with Crippen LogP contribution in [0.25, 0.3) is 0 Å². The minimum Gasteiger partial charge on any atom is -0.465 e. The van der Waals surface area contributed by atoms with Crippen molar-refractivity contribution in [3.63, 3.8) is 0 Å². The molecule has 6 heteroatoms. The lowest BCUT2D eigenvalue weighted by atomic mass is 9.78. The zero-order chi connectivity index (χ0) is 22.2. The van der Waals surface area contributed by atoms with Crippen molar-refractivity contribution in [1.82, 2.24) is 0 Å². The summed E-state index contributed by atoms with van der Waals surface area (Å²) in [6.07, 6.45) is 12.3. The zero-order valence-corrected chi connectivity index (χ0v) is 18.9. The lowest BCUT2D eigenvalue weighted by Crippen LogP contribution is -2.48. The van der Waals surface area contributed by atoms with Gasteiger partial charge in [0.1, 0.15) is 0 Å². The van der Waals surface area contributed by atoms with Gasteiger partial charge >= 0.3 is 17.9 Å². The molecular formula is C24H40O6. The molecule has 6 nitrogen and oxygen atoms in total. The Labute approximate surface area is 181 Å². The van der Waals surface area contributed by atoms with E-state index in [1.54, 1.807) is 0 Å². The summed E-state index contributed by atoms with van der Waals surface area (Å²) in [6.45, 7) is 8.35. The minimum atomic E-state index is -1.33. The Bertz CT molecular complexity index is 534. The number of esters is 3. The van der Waals surface area contributed by atoms with E-state index < -0.39 is 17.5 Å². The average molecular weight is 425 g/mol. The van der Waals surface area contributed by atoms with Gasteiger partial charge in [-0.25, -0.2) is 9.59 Å². The first kappa shape index (κ1) is 26.2. The van der Waals surface area contributed by atoms with Crippen molar-refractivity contribution < 1.29 is 28.6 Å². The molecule has 0 aliphatic heterocycles. The van der Waals surface area contributed by atoms with Gasteiger partial charge in [0.25, 0.3) is 0 Å². The molecule has 0 atom stereocenters. The van der Waals surface area contributed by atoms with Gasteiger partial charge in [-0.1, -0.05) is 65.4 Å². The Morgan fingerprint density at radius 1 is 0.867 bits per heavy atom. The molecule has 0 saturated heterocycles. The molecule has 0 aromatic heterocycles. The van der Waals surface area contributed by atoms with Gasteiger partial charge in [-0.05, 0) is 38.5 Å². The highest BCUT2D eigenvalue weighted by molar-refractivity contribution is 5.88. The maximum absolute atomic E-state index is 12.6. The zero-order valence-electron chi connectivity index (χ0n) is 18.9. The summed E-state index contributed by atoms with van der Waals surface area (Å²) in [5.41, 5.74) is -1.33. The van der Waals surface area contributed by atoms with E-state index in [0.717, 1.165) is 31.8 Å². The molecule has 1 aliphatic rings. The van der Waals surface area contributed by atoms with Crippen LogP contribution in [-0.2, 0) is 28.6 Å². The first-order valence-electron chi connectivity index (χ1n) is 11.7. The molecule has 0 radical (unpaired) electrons. The van der Waals surface area contributed by atoms with Crippen molar-refractivity contribution in [2.24, 2.45) is 5.92 Å². The molecule has 0 aromatic carbocycles. The molecule has 0 heterocycles. The van der Waals surface area contributed by atoms with Gasteiger partial charge in [-0.2, -0.15) is 0 Å².